The van der Waals surface area contributed by atoms with Crippen LogP contribution >= 0.6 is 0 Å². The highest BCUT2D eigenvalue weighted by Gasteiger charge is 2.32. The average Bonchev–Trinajstić information content (AvgIpc) is 2.94. The number of ether oxygens (including phenoxy) is 2. The summed E-state index contributed by atoms with van der Waals surface area (Å²) in [6.45, 7) is 5.41. The van der Waals surface area contributed by atoms with E-state index >= 15 is 0 Å². The number of carbonyl (C=O) groups excluding carboxylic acids is 1. The molecule has 0 atom stereocenters. The Morgan fingerprint density at radius 1 is 0.927 bits per heavy atom. The van der Waals surface area contributed by atoms with E-state index in [0.29, 0.717) is 17.5 Å². The highest BCUT2D eigenvalue weighted by atomic mass is 32.2. The van der Waals surface area contributed by atoms with Crippen molar-refractivity contribution in [1.82, 2.24) is 4.98 Å². The maximum atomic E-state index is 14.2. The van der Waals surface area contributed by atoms with Crippen molar-refractivity contribution in [2.24, 2.45) is 0 Å². The van der Waals surface area contributed by atoms with E-state index in [-0.39, 0.29) is 29.4 Å². The summed E-state index contributed by atoms with van der Waals surface area (Å²) in [7, 11) is -4.26. The Balaban J connectivity index is 1.84. The van der Waals surface area contributed by atoms with E-state index in [4.69, 9.17) is 9.72 Å². The summed E-state index contributed by atoms with van der Waals surface area (Å²) in [5.74, 6) is -0.793. The number of hydrogen-bond acceptors (Lipinski definition) is 6. The molecule has 4 rings (SSSR count). The molecule has 1 aromatic heterocycles. The molecule has 0 aliphatic rings. The minimum atomic E-state index is -4.85. The number of rotatable bonds is 10. The summed E-state index contributed by atoms with van der Waals surface area (Å²) in [4.78, 5) is 16.8. The largest absolute Gasteiger partial charge is 0.573 e. The maximum Gasteiger partial charge on any atom is 0.573 e. The number of alkyl halides is 3. The van der Waals surface area contributed by atoms with Crippen LogP contribution in [0.5, 0.6) is 5.75 Å². The molecule has 0 saturated carbocycles. The SMILES string of the molecule is CCCc1nc(N(Cc2ccc(OC(F)(F)F)cc2)S(=O)(=O)c2ccc(C(=O)OCC)cc2)c(C)c2ccccc12. The molecular formula is C30H29F3N2O5S. The number of sulfonamides is 1. The molecule has 0 spiro atoms. The number of fused-ring (bicyclic) bond motifs is 1. The summed E-state index contributed by atoms with van der Waals surface area (Å²) >= 11 is 0. The molecule has 0 aliphatic heterocycles. The van der Waals surface area contributed by atoms with Gasteiger partial charge in [-0.1, -0.05) is 49.7 Å². The Kier molecular flexibility index (Phi) is 8.86. The third-order valence-electron chi connectivity index (χ3n) is 6.38. The Hall–Kier alpha value is -4.12. The second-order valence-electron chi connectivity index (χ2n) is 9.25. The van der Waals surface area contributed by atoms with E-state index < -0.39 is 28.1 Å². The Morgan fingerprint density at radius 2 is 1.56 bits per heavy atom. The fourth-order valence-electron chi connectivity index (χ4n) is 4.47. The van der Waals surface area contributed by atoms with Gasteiger partial charge in [0.15, 0.2) is 0 Å². The molecule has 0 amide bonds. The summed E-state index contributed by atoms with van der Waals surface area (Å²) in [6, 6.07) is 18.0. The molecule has 11 heteroatoms. The Labute approximate surface area is 236 Å². The highest BCUT2D eigenvalue weighted by Crippen LogP contribution is 2.34. The number of aryl methyl sites for hydroxylation is 2. The molecular weight excluding hydrogens is 557 g/mol. The van der Waals surface area contributed by atoms with Crippen LogP contribution in [0.3, 0.4) is 0 Å². The van der Waals surface area contributed by atoms with Crippen LogP contribution in [0.2, 0.25) is 0 Å². The predicted octanol–water partition coefficient (Wildman–Crippen LogP) is 6.97. The Bertz CT molecular complexity index is 1640. The van der Waals surface area contributed by atoms with Gasteiger partial charge >= 0.3 is 12.3 Å². The fraction of sp³-hybridized carbons (Fsp3) is 0.267. The number of aromatic nitrogens is 1. The van der Waals surface area contributed by atoms with Crippen molar-refractivity contribution < 1.29 is 35.9 Å². The number of carbonyl (C=O) groups is 1. The quantitative estimate of drug-likeness (QED) is 0.187. The van der Waals surface area contributed by atoms with Gasteiger partial charge in [-0.25, -0.2) is 22.5 Å². The first-order chi connectivity index (χ1) is 19.4. The molecule has 0 radical (unpaired) electrons. The maximum absolute atomic E-state index is 14.2. The van der Waals surface area contributed by atoms with E-state index in [1.165, 1.54) is 36.4 Å². The van der Waals surface area contributed by atoms with E-state index in [2.05, 4.69) is 4.74 Å². The van der Waals surface area contributed by atoms with E-state index in [1.54, 1.807) is 13.8 Å². The molecule has 41 heavy (non-hydrogen) atoms. The molecule has 1 heterocycles. The first-order valence-electron chi connectivity index (χ1n) is 13.0. The van der Waals surface area contributed by atoms with Crippen molar-refractivity contribution in [3.8, 4) is 5.75 Å². The lowest BCUT2D eigenvalue weighted by Gasteiger charge is -2.27. The smallest absolute Gasteiger partial charge is 0.462 e. The molecule has 0 N–H and O–H groups in total. The number of anilines is 1. The van der Waals surface area contributed by atoms with Gasteiger partial charge in [-0.2, -0.15) is 0 Å². The van der Waals surface area contributed by atoms with Gasteiger partial charge in [0.25, 0.3) is 10.0 Å². The van der Waals surface area contributed by atoms with Crippen molar-refractivity contribution >= 4 is 32.6 Å². The lowest BCUT2D eigenvalue weighted by atomic mass is 10.0. The molecule has 216 valence electrons. The van der Waals surface area contributed by atoms with Gasteiger partial charge < -0.3 is 9.47 Å². The lowest BCUT2D eigenvalue weighted by Crippen LogP contribution is -2.32. The average molecular weight is 587 g/mol. The van der Waals surface area contributed by atoms with Crippen LogP contribution in [0.15, 0.2) is 77.7 Å². The van der Waals surface area contributed by atoms with Gasteiger partial charge in [0.1, 0.15) is 11.6 Å². The normalized spacial score (nSPS) is 11.9. The van der Waals surface area contributed by atoms with Gasteiger partial charge in [-0.05, 0) is 67.6 Å². The van der Waals surface area contributed by atoms with Crippen LogP contribution in [0, 0.1) is 6.92 Å². The fourth-order valence-corrected chi connectivity index (χ4v) is 5.92. The van der Waals surface area contributed by atoms with E-state index in [1.807, 2.05) is 31.2 Å². The summed E-state index contributed by atoms with van der Waals surface area (Å²) in [5, 5.41) is 1.76. The molecule has 0 saturated heterocycles. The van der Waals surface area contributed by atoms with Crippen LogP contribution in [0.1, 0.15) is 47.4 Å². The van der Waals surface area contributed by atoms with Crippen LogP contribution < -0.4 is 9.04 Å². The van der Waals surface area contributed by atoms with Gasteiger partial charge in [0.05, 0.1) is 29.3 Å². The second-order valence-corrected chi connectivity index (χ2v) is 11.1. The van der Waals surface area contributed by atoms with Crippen LogP contribution in [0.25, 0.3) is 10.8 Å². The molecule has 0 fully saturated rings. The third-order valence-corrected chi connectivity index (χ3v) is 8.13. The van der Waals surface area contributed by atoms with Gasteiger partial charge in [0.2, 0.25) is 0 Å². The van der Waals surface area contributed by atoms with Crippen molar-refractivity contribution in [1.29, 1.82) is 0 Å². The van der Waals surface area contributed by atoms with Crippen molar-refractivity contribution in [3.05, 3.63) is 95.2 Å². The minimum Gasteiger partial charge on any atom is -0.462 e. The zero-order chi connectivity index (χ0) is 29.8. The van der Waals surface area contributed by atoms with Crippen LogP contribution in [-0.4, -0.2) is 32.3 Å². The topological polar surface area (TPSA) is 85.8 Å². The highest BCUT2D eigenvalue weighted by molar-refractivity contribution is 7.92. The van der Waals surface area contributed by atoms with Crippen molar-refractivity contribution in [2.75, 3.05) is 10.9 Å². The predicted molar refractivity (Wildman–Crippen MR) is 149 cm³/mol. The molecule has 3 aromatic carbocycles. The standard InChI is InChI=1S/C30H29F3N2O5S/c1-4-8-27-26-10-7-6-9-25(26)20(3)28(34-27)35(19-21-11-15-23(16-12-21)40-30(31,32)33)41(37,38)24-17-13-22(14-18-24)29(36)39-5-2/h6-7,9-18H,4-5,8,19H2,1-3H3. The van der Waals surface area contributed by atoms with E-state index in [9.17, 15) is 26.4 Å². The molecule has 0 aliphatic carbocycles. The number of pyridine rings is 1. The van der Waals surface area contributed by atoms with E-state index in [0.717, 1.165) is 39.3 Å². The lowest BCUT2D eigenvalue weighted by molar-refractivity contribution is -0.274. The molecule has 0 unspecified atom stereocenters. The number of esters is 1. The minimum absolute atomic E-state index is 0.0889. The zero-order valence-electron chi connectivity index (χ0n) is 22.7. The number of hydrogen-bond donors (Lipinski definition) is 0. The summed E-state index contributed by atoms with van der Waals surface area (Å²) < 4.78 is 76.4. The Morgan fingerprint density at radius 3 is 2.15 bits per heavy atom. The van der Waals surface area contributed by atoms with Gasteiger partial charge in [-0.3, -0.25) is 0 Å². The molecule has 7 nitrogen and oxygen atoms in total. The van der Waals surface area contributed by atoms with Gasteiger partial charge in [-0.15, -0.1) is 13.2 Å². The summed E-state index contributed by atoms with van der Waals surface area (Å²) in [6.07, 6.45) is -3.46. The number of halogens is 3. The molecule has 0 bridgehead atoms. The van der Waals surface area contributed by atoms with Crippen LogP contribution in [-0.2, 0) is 27.7 Å². The molecule has 4 aromatic rings. The number of nitrogens with zero attached hydrogens (tertiary/aromatic N) is 2. The first-order valence-corrected chi connectivity index (χ1v) is 14.4. The van der Waals surface area contributed by atoms with Crippen LogP contribution in [0.4, 0.5) is 19.0 Å². The van der Waals surface area contributed by atoms with Gasteiger partial charge in [0, 0.05) is 10.9 Å². The third kappa shape index (κ3) is 6.79. The first kappa shape index (κ1) is 29.9. The number of benzene rings is 3. The second kappa shape index (κ2) is 12.2. The zero-order valence-corrected chi connectivity index (χ0v) is 23.6. The monoisotopic (exact) mass is 586 g/mol. The van der Waals surface area contributed by atoms with Crippen molar-refractivity contribution in [3.63, 3.8) is 0 Å². The van der Waals surface area contributed by atoms with Crippen molar-refractivity contribution in [2.45, 2.75) is 51.4 Å². The summed E-state index contributed by atoms with van der Waals surface area (Å²) in [5.41, 5.74) is 1.97.